The van der Waals surface area contributed by atoms with Gasteiger partial charge in [0.15, 0.2) is 11.5 Å². The third-order valence-electron chi connectivity index (χ3n) is 5.96. The Bertz CT molecular complexity index is 651. The quantitative estimate of drug-likeness (QED) is 0.922. The zero-order valence-corrected chi connectivity index (χ0v) is 14.2. The largest absolute Gasteiger partial charge is 0.486 e. The number of nitrogens with zero attached hydrogens (tertiary/aromatic N) is 1. The van der Waals surface area contributed by atoms with Crippen molar-refractivity contribution >= 4 is 5.97 Å². The van der Waals surface area contributed by atoms with Crippen molar-refractivity contribution in [1.82, 2.24) is 4.90 Å². The molecule has 24 heavy (non-hydrogen) atoms. The summed E-state index contributed by atoms with van der Waals surface area (Å²) in [5.74, 6) is 0.980. The van der Waals surface area contributed by atoms with Crippen LogP contribution < -0.4 is 9.47 Å². The van der Waals surface area contributed by atoms with Crippen LogP contribution in [0.15, 0.2) is 12.1 Å². The van der Waals surface area contributed by atoms with Crippen LogP contribution in [-0.2, 0) is 10.2 Å². The summed E-state index contributed by atoms with van der Waals surface area (Å²) >= 11 is 0. The minimum Gasteiger partial charge on any atom is -0.486 e. The zero-order chi connectivity index (χ0) is 16.7. The number of carbonyl (C=O) groups is 1. The number of hydrogen-bond acceptors (Lipinski definition) is 4. The summed E-state index contributed by atoms with van der Waals surface area (Å²) in [4.78, 5) is 13.4. The van der Waals surface area contributed by atoms with Gasteiger partial charge in [-0.15, -0.1) is 0 Å². The highest BCUT2D eigenvalue weighted by Gasteiger charge is 2.44. The molecule has 0 aromatic heterocycles. The fourth-order valence-corrected chi connectivity index (χ4v) is 4.71. The van der Waals surface area contributed by atoms with Gasteiger partial charge in [0, 0.05) is 24.5 Å². The van der Waals surface area contributed by atoms with Crippen LogP contribution in [0.1, 0.15) is 56.2 Å². The zero-order valence-electron chi connectivity index (χ0n) is 14.2. The van der Waals surface area contributed by atoms with E-state index < -0.39 is 5.97 Å². The Kier molecular flexibility index (Phi) is 3.91. The van der Waals surface area contributed by atoms with Crippen LogP contribution in [0.5, 0.6) is 11.5 Å². The highest BCUT2D eigenvalue weighted by Crippen LogP contribution is 2.51. The number of benzene rings is 1. The number of ether oxygens (including phenoxy) is 2. The molecule has 1 saturated carbocycles. The van der Waals surface area contributed by atoms with Crippen LogP contribution >= 0.6 is 0 Å². The molecule has 1 aromatic rings. The molecule has 2 heterocycles. The Morgan fingerprint density at radius 1 is 1.25 bits per heavy atom. The van der Waals surface area contributed by atoms with Gasteiger partial charge >= 0.3 is 5.97 Å². The van der Waals surface area contributed by atoms with Crippen LogP contribution in [-0.4, -0.2) is 42.3 Å². The minimum absolute atomic E-state index is 0.149. The van der Waals surface area contributed by atoms with Crippen LogP contribution in [0.4, 0.5) is 0 Å². The molecule has 4 rings (SSSR count). The number of carboxylic acids is 1. The molecule has 5 heteroatoms. The molecule has 1 spiro atoms. The Morgan fingerprint density at radius 3 is 2.58 bits per heavy atom. The van der Waals surface area contributed by atoms with Gasteiger partial charge in [0.25, 0.3) is 0 Å². The Morgan fingerprint density at radius 2 is 1.92 bits per heavy atom. The van der Waals surface area contributed by atoms with Gasteiger partial charge in [-0.3, -0.25) is 9.69 Å². The average Bonchev–Trinajstić information content (AvgIpc) is 3.05. The standard InChI is InChI=1S/C19H25NO4/c1-13-14-10-16-17(24-9-8-23-16)11-15(14)19(5-2-3-6-19)12-20(13)7-4-18(21)22/h10-11,13H,2-9,12H2,1H3,(H,21,22). The Labute approximate surface area is 142 Å². The first kappa shape index (κ1) is 15.8. The van der Waals surface area contributed by atoms with E-state index in [1.165, 1.54) is 36.8 Å². The molecular weight excluding hydrogens is 306 g/mol. The maximum absolute atomic E-state index is 11.0. The third-order valence-corrected chi connectivity index (χ3v) is 5.96. The highest BCUT2D eigenvalue weighted by atomic mass is 16.6. The van der Waals surface area contributed by atoms with Crippen molar-refractivity contribution in [3.63, 3.8) is 0 Å². The normalized spacial score (nSPS) is 24.8. The van der Waals surface area contributed by atoms with E-state index in [1.807, 2.05) is 0 Å². The Hall–Kier alpha value is -1.75. The molecule has 130 valence electrons. The van der Waals surface area contributed by atoms with Crippen molar-refractivity contribution in [2.24, 2.45) is 0 Å². The average molecular weight is 331 g/mol. The summed E-state index contributed by atoms with van der Waals surface area (Å²) in [6, 6.07) is 4.56. The molecule has 1 N–H and O–H groups in total. The fraction of sp³-hybridized carbons (Fsp3) is 0.632. The number of fused-ring (bicyclic) bond motifs is 3. The van der Waals surface area contributed by atoms with Gasteiger partial charge in [-0.25, -0.2) is 0 Å². The predicted molar refractivity (Wildman–Crippen MR) is 89.8 cm³/mol. The van der Waals surface area contributed by atoms with E-state index in [1.54, 1.807) is 0 Å². The van der Waals surface area contributed by atoms with Gasteiger partial charge in [-0.2, -0.15) is 0 Å². The van der Waals surface area contributed by atoms with Gasteiger partial charge in [0.2, 0.25) is 0 Å². The summed E-state index contributed by atoms with van der Waals surface area (Å²) in [5, 5.41) is 9.08. The number of hydrogen-bond donors (Lipinski definition) is 1. The van der Waals surface area contributed by atoms with E-state index in [0.717, 1.165) is 18.0 Å². The monoisotopic (exact) mass is 331 g/mol. The van der Waals surface area contributed by atoms with E-state index in [-0.39, 0.29) is 17.9 Å². The molecule has 2 aliphatic heterocycles. The molecule has 0 radical (unpaired) electrons. The number of aliphatic carboxylic acids is 1. The predicted octanol–water partition coefficient (Wildman–Crippen LogP) is 3.12. The fourth-order valence-electron chi connectivity index (χ4n) is 4.71. The minimum atomic E-state index is -0.726. The second kappa shape index (κ2) is 5.96. The first-order chi connectivity index (χ1) is 11.6. The van der Waals surface area contributed by atoms with Gasteiger partial charge in [0.1, 0.15) is 13.2 Å². The molecule has 1 atom stereocenters. The van der Waals surface area contributed by atoms with Gasteiger partial charge < -0.3 is 14.6 Å². The van der Waals surface area contributed by atoms with Crippen LogP contribution in [0.2, 0.25) is 0 Å². The van der Waals surface area contributed by atoms with Crippen LogP contribution in [0, 0.1) is 0 Å². The lowest BCUT2D eigenvalue weighted by molar-refractivity contribution is -0.137. The number of rotatable bonds is 3. The third kappa shape index (κ3) is 2.55. The van der Waals surface area contributed by atoms with Crippen molar-refractivity contribution in [1.29, 1.82) is 0 Å². The first-order valence-corrected chi connectivity index (χ1v) is 8.99. The molecule has 1 aromatic carbocycles. The maximum Gasteiger partial charge on any atom is 0.304 e. The Balaban J connectivity index is 1.75. The van der Waals surface area contributed by atoms with Gasteiger partial charge in [-0.1, -0.05) is 12.8 Å². The second-order valence-electron chi connectivity index (χ2n) is 7.36. The molecule has 3 aliphatic rings. The van der Waals surface area contributed by atoms with E-state index in [9.17, 15) is 4.79 Å². The molecule has 0 bridgehead atoms. The lowest BCUT2D eigenvalue weighted by atomic mass is 9.71. The maximum atomic E-state index is 11.0. The van der Waals surface area contributed by atoms with E-state index in [4.69, 9.17) is 14.6 Å². The number of carboxylic acid groups (broad SMARTS) is 1. The van der Waals surface area contributed by atoms with Crippen molar-refractivity contribution in [2.75, 3.05) is 26.3 Å². The van der Waals surface area contributed by atoms with Crippen LogP contribution in [0.3, 0.4) is 0 Å². The second-order valence-corrected chi connectivity index (χ2v) is 7.36. The topological polar surface area (TPSA) is 59.0 Å². The van der Waals surface area contributed by atoms with Crippen molar-refractivity contribution in [2.45, 2.75) is 50.5 Å². The molecule has 0 amide bonds. The van der Waals surface area contributed by atoms with Crippen molar-refractivity contribution < 1.29 is 19.4 Å². The highest BCUT2D eigenvalue weighted by molar-refractivity contribution is 5.67. The molecule has 5 nitrogen and oxygen atoms in total. The lowest BCUT2D eigenvalue weighted by Crippen LogP contribution is -2.46. The molecule has 1 unspecified atom stereocenters. The van der Waals surface area contributed by atoms with Gasteiger partial charge in [0.05, 0.1) is 6.42 Å². The first-order valence-electron chi connectivity index (χ1n) is 8.99. The summed E-state index contributed by atoms with van der Waals surface area (Å²) in [7, 11) is 0. The summed E-state index contributed by atoms with van der Waals surface area (Å²) in [6.07, 6.45) is 5.04. The lowest BCUT2D eigenvalue weighted by Gasteiger charge is -2.46. The summed E-state index contributed by atoms with van der Waals surface area (Å²) < 4.78 is 11.6. The SMILES string of the molecule is CC1c2cc3c(cc2C2(CCCC2)CN1CCC(=O)O)OCCO3. The van der Waals surface area contributed by atoms with E-state index >= 15 is 0 Å². The summed E-state index contributed by atoms with van der Waals surface area (Å²) in [5.41, 5.74) is 2.84. The van der Waals surface area contributed by atoms with Crippen LogP contribution in [0.25, 0.3) is 0 Å². The molecular formula is C19H25NO4. The molecule has 1 fully saturated rings. The molecule has 0 saturated heterocycles. The van der Waals surface area contributed by atoms with Gasteiger partial charge in [-0.05, 0) is 43.0 Å². The van der Waals surface area contributed by atoms with Crippen molar-refractivity contribution in [3.05, 3.63) is 23.3 Å². The van der Waals surface area contributed by atoms with E-state index in [0.29, 0.717) is 19.8 Å². The van der Waals surface area contributed by atoms with E-state index in [2.05, 4.69) is 24.0 Å². The summed E-state index contributed by atoms with van der Waals surface area (Å²) in [6.45, 7) is 4.94. The smallest absolute Gasteiger partial charge is 0.304 e. The molecule has 1 aliphatic carbocycles. The van der Waals surface area contributed by atoms with Crippen molar-refractivity contribution in [3.8, 4) is 11.5 Å².